The number of aromatic hydroxyl groups is 1. The third-order valence-electron chi connectivity index (χ3n) is 3.13. The molecule has 2 aromatic carbocycles. The molecular formula is C16H13BrN2O2S2. The van der Waals surface area contributed by atoms with E-state index in [1.54, 1.807) is 41.3 Å². The summed E-state index contributed by atoms with van der Waals surface area (Å²) in [6.07, 6.45) is 0. The predicted molar refractivity (Wildman–Crippen MR) is 99.8 cm³/mol. The number of amides is 1. The van der Waals surface area contributed by atoms with E-state index in [2.05, 4.69) is 33.2 Å². The van der Waals surface area contributed by atoms with Crippen LogP contribution in [0.15, 0.2) is 45.2 Å². The number of phenolic OH excluding ortho intramolecular Hbond substituents is 1. The first kappa shape index (κ1) is 16.3. The largest absolute Gasteiger partial charge is 0.506 e. The van der Waals surface area contributed by atoms with Crippen LogP contribution in [0, 0.1) is 0 Å². The van der Waals surface area contributed by atoms with Gasteiger partial charge in [0.15, 0.2) is 4.34 Å². The van der Waals surface area contributed by atoms with Crippen molar-refractivity contribution in [2.45, 2.75) is 11.3 Å². The molecule has 0 aliphatic heterocycles. The molecule has 0 aliphatic rings. The summed E-state index contributed by atoms with van der Waals surface area (Å²) in [7, 11) is 0. The monoisotopic (exact) mass is 408 g/mol. The number of thioether (sulfide) groups is 1. The highest BCUT2D eigenvalue weighted by molar-refractivity contribution is 9.10. The third kappa shape index (κ3) is 3.52. The highest BCUT2D eigenvalue weighted by Crippen LogP contribution is 2.32. The Morgan fingerprint density at radius 2 is 2.22 bits per heavy atom. The van der Waals surface area contributed by atoms with Gasteiger partial charge in [0.2, 0.25) is 0 Å². The van der Waals surface area contributed by atoms with Crippen LogP contribution >= 0.6 is 39.0 Å². The van der Waals surface area contributed by atoms with E-state index in [4.69, 9.17) is 0 Å². The molecule has 0 aliphatic carbocycles. The van der Waals surface area contributed by atoms with Gasteiger partial charge in [0, 0.05) is 5.69 Å². The highest BCUT2D eigenvalue weighted by atomic mass is 79.9. The normalized spacial score (nSPS) is 10.9. The standard InChI is InChI=1S/C16H13BrN2O2S2/c1-2-22-16-19-12-7-6-9(8-13(12)23-16)18-15(21)10-4-3-5-11(17)14(10)20/h3-8,20H,2H2,1H3,(H,18,21). The van der Waals surface area contributed by atoms with Crippen molar-refractivity contribution in [3.8, 4) is 5.75 Å². The van der Waals surface area contributed by atoms with Gasteiger partial charge < -0.3 is 10.4 Å². The smallest absolute Gasteiger partial charge is 0.259 e. The maximum absolute atomic E-state index is 12.3. The molecule has 4 nitrogen and oxygen atoms in total. The van der Waals surface area contributed by atoms with E-state index in [-0.39, 0.29) is 17.2 Å². The molecular weight excluding hydrogens is 396 g/mol. The van der Waals surface area contributed by atoms with Crippen molar-refractivity contribution in [2.24, 2.45) is 0 Å². The lowest BCUT2D eigenvalue weighted by molar-refractivity contribution is 0.102. The number of nitrogens with one attached hydrogen (secondary N) is 1. The van der Waals surface area contributed by atoms with E-state index in [1.165, 1.54) is 0 Å². The van der Waals surface area contributed by atoms with Crippen molar-refractivity contribution >= 4 is 60.8 Å². The van der Waals surface area contributed by atoms with Crippen LogP contribution in [-0.2, 0) is 0 Å². The minimum Gasteiger partial charge on any atom is -0.506 e. The summed E-state index contributed by atoms with van der Waals surface area (Å²) in [5.41, 5.74) is 1.83. The Bertz CT molecular complexity index is 880. The number of para-hydroxylation sites is 1. The summed E-state index contributed by atoms with van der Waals surface area (Å²) < 4.78 is 2.54. The van der Waals surface area contributed by atoms with Gasteiger partial charge in [0.05, 0.1) is 20.3 Å². The van der Waals surface area contributed by atoms with Crippen molar-refractivity contribution < 1.29 is 9.90 Å². The Morgan fingerprint density at radius 3 is 3.00 bits per heavy atom. The Balaban J connectivity index is 1.86. The Labute approximate surface area is 150 Å². The van der Waals surface area contributed by atoms with E-state index in [1.807, 2.05) is 18.2 Å². The van der Waals surface area contributed by atoms with E-state index >= 15 is 0 Å². The quantitative estimate of drug-likeness (QED) is 0.587. The van der Waals surface area contributed by atoms with Crippen molar-refractivity contribution in [1.82, 2.24) is 4.98 Å². The summed E-state index contributed by atoms with van der Waals surface area (Å²) in [6.45, 7) is 2.09. The van der Waals surface area contributed by atoms with E-state index < -0.39 is 0 Å². The molecule has 0 radical (unpaired) electrons. The molecule has 0 fully saturated rings. The average Bonchev–Trinajstić information content (AvgIpc) is 2.92. The molecule has 3 aromatic rings. The highest BCUT2D eigenvalue weighted by Gasteiger charge is 2.14. The second kappa shape index (κ2) is 6.90. The van der Waals surface area contributed by atoms with Crippen LogP contribution in [-0.4, -0.2) is 21.8 Å². The van der Waals surface area contributed by atoms with Gasteiger partial charge in [-0.2, -0.15) is 0 Å². The maximum Gasteiger partial charge on any atom is 0.259 e. The van der Waals surface area contributed by atoms with Crippen LogP contribution in [0.2, 0.25) is 0 Å². The number of fused-ring (bicyclic) bond motifs is 1. The zero-order valence-electron chi connectivity index (χ0n) is 12.2. The second-order valence-corrected chi connectivity index (χ2v) is 8.08. The lowest BCUT2D eigenvalue weighted by atomic mass is 10.2. The van der Waals surface area contributed by atoms with Gasteiger partial charge in [0.1, 0.15) is 5.75 Å². The van der Waals surface area contributed by atoms with Crippen LogP contribution in [0.5, 0.6) is 5.75 Å². The number of halogens is 1. The molecule has 0 unspecified atom stereocenters. The van der Waals surface area contributed by atoms with Crippen molar-refractivity contribution in [3.63, 3.8) is 0 Å². The SMILES string of the molecule is CCSc1nc2ccc(NC(=O)c3cccc(Br)c3O)cc2s1. The molecule has 0 bridgehead atoms. The van der Waals surface area contributed by atoms with Gasteiger partial charge in [-0.1, -0.05) is 24.8 Å². The van der Waals surface area contributed by atoms with E-state index in [9.17, 15) is 9.90 Å². The molecule has 0 saturated carbocycles. The number of hydrogen-bond acceptors (Lipinski definition) is 5. The topological polar surface area (TPSA) is 62.2 Å². The number of carbonyl (C=O) groups is 1. The molecule has 7 heteroatoms. The number of aromatic nitrogens is 1. The van der Waals surface area contributed by atoms with Crippen molar-refractivity contribution in [1.29, 1.82) is 0 Å². The first-order chi connectivity index (χ1) is 11.1. The van der Waals surface area contributed by atoms with Gasteiger partial charge in [-0.25, -0.2) is 4.98 Å². The van der Waals surface area contributed by atoms with Crippen LogP contribution in [0.3, 0.4) is 0 Å². The van der Waals surface area contributed by atoms with Gasteiger partial charge >= 0.3 is 0 Å². The summed E-state index contributed by atoms with van der Waals surface area (Å²) in [4.78, 5) is 16.9. The van der Waals surface area contributed by atoms with Crippen LogP contribution in [0.1, 0.15) is 17.3 Å². The van der Waals surface area contributed by atoms with Crippen LogP contribution < -0.4 is 5.32 Å². The molecule has 118 valence electrons. The molecule has 0 spiro atoms. The number of anilines is 1. The molecule has 1 aromatic heterocycles. The number of hydrogen-bond donors (Lipinski definition) is 2. The number of nitrogens with zero attached hydrogens (tertiary/aromatic N) is 1. The maximum atomic E-state index is 12.3. The first-order valence-corrected chi connectivity index (χ1v) is 9.50. The van der Waals surface area contributed by atoms with Gasteiger partial charge in [-0.3, -0.25) is 4.79 Å². The molecule has 0 saturated heterocycles. The lowest BCUT2D eigenvalue weighted by Gasteiger charge is -2.07. The molecule has 0 atom stereocenters. The van der Waals surface area contributed by atoms with Gasteiger partial charge in [0.25, 0.3) is 5.91 Å². The zero-order chi connectivity index (χ0) is 16.4. The molecule has 2 N–H and O–H groups in total. The molecule has 1 heterocycles. The first-order valence-electron chi connectivity index (χ1n) is 6.90. The van der Waals surface area contributed by atoms with E-state index in [0.717, 1.165) is 20.3 Å². The summed E-state index contributed by atoms with van der Waals surface area (Å²) in [5, 5.41) is 12.8. The average molecular weight is 409 g/mol. The second-order valence-electron chi connectivity index (χ2n) is 4.69. The fourth-order valence-electron chi connectivity index (χ4n) is 2.06. The number of carbonyl (C=O) groups excluding carboxylic acids is 1. The van der Waals surface area contributed by atoms with Crippen LogP contribution in [0.4, 0.5) is 5.69 Å². The van der Waals surface area contributed by atoms with E-state index in [0.29, 0.717) is 10.2 Å². The number of phenols is 1. The lowest BCUT2D eigenvalue weighted by Crippen LogP contribution is -2.12. The van der Waals surface area contributed by atoms with Crippen molar-refractivity contribution in [2.75, 3.05) is 11.1 Å². The van der Waals surface area contributed by atoms with Crippen LogP contribution in [0.25, 0.3) is 10.2 Å². The summed E-state index contributed by atoms with van der Waals surface area (Å²) >= 11 is 6.52. The van der Waals surface area contributed by atoms with Gasteiger partial charge in [-0.05, 0) is 52.0 Å². The number of thiazole rings is 1. The number of benzene rings is 2. The molecule has 3 rings (SSSR count). The van der Waals surface area contributed by atoms with Crippen molar-refractivity contribution in [3.05, 3.63) is 46.4 Å². The Morgan fingerprint density at radius 1 is 1.39 bits per heavy atom. The summed E-state index contributed by atoms with van der Waals surface area (Å²) in [5.74, 6) is 0.562. The Kier molecular flexibility index (Phi) is 4.89. The predicted octanol–water partition coefficient (Wildman–Crippen LogP) is 5.13. The minimum atomic E-state index is -0.351. The zero-order valence-corrected chi connectivity index (χ0v) is 15.4. The third-order valence-corrected chi connectivity index (χ3v) is 5.81. The fourth-order valence-corrected chi connectivity index (χ4v) is 4.43. The van der Waals surface area contributed by atoms with Gasteiger partial charge in [-0.15, -0.1) is 11.3 Å². The molecule has 1 amide bonds. The summed E-state index contributed by atoms with van der Waals surface area (Å²) in [6, 6.07) is 10.6. The minimum absolute atomic E-state index is 0.0644. The fraction of sp³-hybridized carbons (Fsp3) is 0.125. The molecule has 23 heavy (non-hydrogen) atoms. The Hall–Kier alpha value is -1.57. The number of rotatable bonds is 4.